The van der Waals surface area contributed by atoms with E-state index in [4.69, 9.17) is 16.3 Å². The topological polar surface area (TPSA) is 48.4 Å². The lowest BCUT2D eigenvalue weighted by molar-refractivity contribution is -0.143. The molecule has 0 aliphatic heterocycles. The number of aromatic nitrogens is 1. The molecule has 0 aromatic carbocycles. The lowest BCUT2D eigenvalue weighted by atomic mass is 10.1. The number of carbonyl (C=O) groups is 1. The summed E-state index contributed by atoms with van der Waals surface area (Å²) in [6.45, 7) is -0.894. The predicted octanol–water partition coefficient (Wildman–Crippen LogP) is 3.39. The number of carbonyl (C=O) groups excluding carboxylic acids is 1. The molecule has 20 heavy (non-hydrogen) atoms. The molecule has 0 amide bonds. The van der Waals surface area contributed by atoms with Crippen LogP contribution in [-0.2, 0) is 9.53 Å². The summed E-state index contributed by atoms with van der Waals surface area (Å²) in [6, 6.07) is 1.60. The first-order valence-corrected chi connectivity index (χ1v) is 6.65. The van der Waals surface area contributed by atoms with Crippen LogP contribution < -0.4 is 4.74 Å². The van der Waals surface area contributed by atoms with E-state index in [9.17, 15) is 13.6 Å². The van der Waals surface area contributed by atoms with Gasteiger partial charge in [-0.2, -0.15) is 8.78 Å². The molecule has 0 radical (unpaired) electrons. The molecule has 1 heterocycles. The second-order valence-corrected chi connectivity index (χ2v) is 4.87. The minimum absolute atomic E-state index is 0.0198. The van der Waals surface area contributed by atoms with Gasteiger partial charge in [-0.05, 0) is 31.2 Å². The van der Waals surface area contributed by atoms with Crippen molar-refractivity contribution in [2.75, 3.05) is 6.61 Å². The second kappa shape index (κ2) is 6.35. The maximum Gasteiger partial charge on any atom is 0.387 e. The Morgan fingerprint density at radius 1 is 1.60 bits per heavy atom. The third-order valence-corrected chi connectivity index (χ3v) is 3.42. The van der Waals surface area contributed by atoms with Crippen molar-refractivity contribution in [1.82, 2.24) is 4.98 Å². The van der Waals surface area contributed by atoms with Crippen LogP contribution in [0.3, 0.4) is 0 Å². The van der Waals surface area contributed by atoms with E-state index in [0.717, 1.165) is 6.42 Å². The van der Waals surface area contributed by atoms with Crippen molar-refractivity contribution in [1.29, 1.82) is 0 Å². The van der Waals surface area contributed by atoms with Gasteiger partial charge >= 0.3 is 12.6 Å². The van der Waals surface area contributed by atoms with Gasteiger partial charge in [-0.3, -0.25) is 4.79 Å². The second-order valence-electron chi connectivity index (χ2n) is 4.51. The van der Waals surface area contributed by atoms with Gasteiger partial charge in [0, 0.05) is 18.2 Å². The molecule has 0 spiro atoms. The zero-order chi connectivity index (χ0) is 14.7. The number of esters is 1. The fourth-order valence-corrected chi connectivity index (χ4v) is 2.43. The Morgan fingerprint density at radius 3 is 3.00 bits per heavy atom. The molecule has 0 saturated heterocycles. The summed E-state index contributed by atoms with van der Waals surface area (Å²) >= 11 is 5.79. The van der Waals surface area contributed by atoms with Crippen LogP contribution in [-0.4, -0.2) is 24.2 Å². The molecule has 1 aromatic rings. The number of ether oxygens (including phenoxy) is 2. The van der Waals surface area contributed by atoms with E-state index < -0.39 is 6.61 Å². The number of pyridine rings is 1. The van der Waals surface area contributed by atoms with Crippen LogP contribution in [0, 0.1) is 5.92 Å². The zero-order valence-corrected chi connectivity index (χ0v) is 11.6. The lowest BCUT2D eigenvalue weighted by Crippen LogP contribution is -2.07. The Bertz CT molecular complexity index is 499. The summed E-state index contributed by atoms with van der Waals surface area (Å²) < 4.78 is 34.1. The highest BCUT2D eigenvalue weighted by atomic mass is 35.5. The molecule has 4 nitrogen and oxygen atoms in total. The first-order valence-electron chi connectivity index (χ1n) is 6.27. The summed E-state index contributed by atoms with van der Waals surface area (Å²) in [6.07, 6.45) is 2.43. The molecule has 0 bridgehead atoms. The van der Waals surface area contributed by atoms with Crippen molar-refractivity contribution < 1.29 is 23.0 Å². The molecule has 110 valence electrons. The molecule has 2 unspecified atom stereocenters. The van der Waals surface area contributed by atoms with E-state index in [0.29, 0.717) is 12.2 Å². The van der Waals surface area contributed by atoms with Crippen molar-refractivity contribution in [3.8, 4) is 5.75 Å². The van der Waals surface area contributed by atoms with E-state index >= 15 is 0 Å². The largest absolute Gasteiger partial charge is 0.466 e. The Balaban J connectivity index is 2.07. The van der Waals surface area contributed by atoms with Crippen LogP contribution in [0.4, 0.5) is 8.78 Å². The smallest absolute Gasteiger partial charge is 0.387 e. The van der Waals surface area contributed by atoms with Gasteiger partial charge in [0.15, 0.2) is 10.9 Å². The maximum absolute atomic E-state index is 12.4. The Morgan fingerprint density at radius 2 is 2.35 bits per heavy atom. The van der Waals surface area contributed by atoms with Crippen LogP contribution in [0.1, 0.15) is 31.2 Å². The Kier molecular flexibility index (Phi) is 4.75. The van der Waals surface area contributed by atoms with Gasteiger partial charge in [0.25, 0.3) is 0 Å². The van der Waals surface area contributed by atoms with Crippen LogP contribution in [0.25, 0.3) is 0 Å². The van der Waals surface area contributed by atoms with Crippen molar-refractivity contribution in [2.45, 2.75) is 32.3 Å². The molecule has 1 aliphatic rings. The fraction of sp³-hybridized carbons (Fsp3) is 0.538. The van der Waals surface area contributed by atoms with Crippen molar-refractivity contribution in [3.05, 3.63) is 23.0 Å². The Labute approximate surface area is 120 Å². The molecule has 2 atom stereocenters. The predicted molar refractivity (Wildman–Crippen MR) is 68.0 cm³/mol. The first-order chi connectivity index (χ1) is 9.52. The van der Waals surface area contributed by atoms with Crippen molar-refractivity contribution >= 4 is 17.6 Å². The standard InChI is InChI=1S/C13H14ClF2NO3/c1-2-19-10(18)6-7-5-9(7)8-3-4-17-12(14)11(8)20-13(15)16/h3-4,7,9,13H,2,5-6H2,1H3. The van der Waals surface area contributed by atoms with Crippen LogP contribution >= 0.6 is 11.6 Å². The highest BCUT2D eigenvalue weighted by Gasteiger charge is 2.42. The van der Waals surface area contributed by atoms with Gasteiger partial charge in [-0.25, -0.2) is 4.98 Å². The summed E-state index contributed by atoms with van der Waals surface area (Å²) in [5.41, 5.74) is 0.569. The van der Waals surface area contributed by atoms with E-state index in [2.05, 4.69) is 9.72 Å². The average molecular weight is 306 g/mol. The highest BCUT2D eigenvalue weighted by molar-refractivity contribution is 6.30. The molecule has 7 heteroatoms. The monoisotopic (exact) mass is 305 g/mol. The third kappa shape index (κ3) is 3.56. The van der Waals surface area contributed by atoms with E-state index in [1.165, 1.54) is 6.20 Å². The van der Waals surface area contributed by atoms with Crippen molar-refractivity contribution in [3.63, 3.8) is 0 Å². The number of alkyl halides is 2. The van der Waals surface area contributed by atoms with Crippen LogP contribution in [0.15, 0.2) is 12.3 Å². The maximum atomic E-state index is 12.4. The van der Waals surface area contributed by atoms with E-state index in [1.54, 1.807) is 13.0 Å². The number of halogens is 3. The number of hydrogen-bond acceptors (Lipinski definition) is 4. The SMILES string of the molecule is CCOC(=O)CC1CC1c1ccnc(Cl)c1OC(F)F. The van der Waals surface area contributed by atoms with Crippen LogP contribution in [0.2, 0.25) is 5.15 Å². The lowest BCUT2D eigenvalue weighted by Gasteiger charge is -2.11. The fourth-order valence-electron chi connectivity index (χ4n) is 2.22. The molecule has 2 rings (SSSR count). The summed E-state index contributed by atoms with van der Waals surface area (Å²) in [5, 5.41) is -0.0930. The van der Waals surface area contributed by atoms with Crippen LogP contribution in [0.5, 0.6) is 5.75 Å². The van der Waals surface area contributed by atoms with Gasteiger partial charge in [-0.15, -0.1) is 0 Å². The number of nitrogens with zero attached hydrogens (tertiary/aromatic N) is 1. The molecule has 1 aliphatic carbocycles. The molecule has 1 saturated carbocycles. The van der Waals surface area contributed by atoms with E-state index in [1.807, 2.05) is 0 Å². The van der Waals surface area contributed by atoms with Gasteiger partial charge in [0.1, 0.15) is 0 Å². The Hall–Kier alpha value is -1.43. The minimum atomic E-state index is -2.96. The summed E-state index contributed by atoms with van der Waals surface area (Å²) in [4.78, 5) is 15.1. The molecule has 1 aromatic heterocycles. The summed E-state index contributed by atoms with van der Waals surface area (Å²) in [5.74, 6) is -0.321. The highest BCUT2D eigenvalue weighted by Crippen LogP contribution is 2.53. The van der Waals surface area contributed by atoms with Gasteiger partial charge < -0.3 is 9.47 Å². The first kappa shape index (κ1) is 15.0. The molecular formula is C13H14ClF2NO3. The van der Waals surface area contributed by atoms with Crippen molar-refractivity contribution in [2.24, 2.45) is 5.92 Å². The molecular weight excluding hydrogens is 292 g/mol. The zero-order valence-electron chi connectivity index (χ0n) is 10.8. The average Bonchev–Trinajstić information content (AvgIpc) is 3.10. The quantitative estimate of drug-likeness (QED) is 0.597. The summed E-state index contributed by atoms with van der Waals surface area (Å²) in [7, 11) is 0. The number of rotatable bonds is 6. The normalized spacial score (nSPS) is 20.9. The minimum Gasteiger partial charge on any atom is -0.466 e. The van der Waals surface area contributed by atoms with E-state index in [-0.39, 0.29) is 35.1 Å². The third-order valence-electron chi connectivity index (χ3n) is 3.15. The van der Waals surface area contributed by atoms with Gasteiger partial charge in [0.2, 0.25) is 0 Å². The number of hydrogen-bond donors (Lipinski definition) is 0. The van der Waals surface area contributed by atoms with Gasteiger partial charge in [-0.1, -0.05) is 11.6 Å². The van der Waals surface area contributed by atoms with Gasteiger partial charge in [0.05, 0.1) is 6.61 Å². The molecule has 0 N–H and O–H groups in total. The molecule has 1 fully saturated rings.